The lowest BCUT2D eigenvalue weighted by atomic mass is 10.0. The molecule has 3 heteroatoms. The smallest absolute Gasteiger partial charge is 0.159 e. The van der Waals surface area contributed by atoms with Gasteiger partial charge in [0.25, 0.3) is 0 Å². The number of rotatable bonds is 7. The highest BCUT2D eigenvalue weighted by atomic mass is 16.3. The maximum Gasteiger partial charge on any atom is 0.159 e. The van der Waals surface area contributed by atoms with Crippen molar-refractivity contribution in [3.8, 4) is 5.75 Å². The molecule has 0 heterocycles. The summed E-state index contributed by atoms with van der Waals surface area (Å²) >= 11 is 0. The molecule has 0 aliphatic heterocycles. The number of ketones is 1. The van der Waals surface area contributed by atoms with Crippen LogP contribution >= 0.6 is 0 Å². The maximum atomic E-state index is 11.4. The molecule has 1 unspecified atom stereocenters. The minimum Gasteiger partial charge on any atom is -0.508 e. The molecular weight excluding hydrogens is 238 g/mol. The van der Waals surface area contributed by atoms with Crippen LogP contribution < -0.4 is 0 Å². The monoisotopic (exact) mass is 263 g/mol. The molecule has 106 valence electrons. The molecule has 0 bridgehead atoms. The molecule has 1 N–H and O–H groups in total. The van der Waals surface area contributed by atoms with Gasteiger partial charge < -0.3 is 5.11 Å². The van der Waals surface area contributed by atoms with Crippen LogP contribution in [0.25, 0.3) is 0 Å². The van der Waals surface area contributed by atoms with Crippen LogP contribution in [0.15, 0.2) is 18.2 Å². The Balaban J connectivity index is 2.84. The first-order valence-corrected chi connectivity index (χ1v) is 7.03. The van der Waals surface area contributed by atoms with Crippen molar-refractivity contribution in [2.24, 2.45) is 5.92 Å². The molecule has 0 saturated heterocycles. The van der Waals surface area contributed by atoms with Crippen molar-refractivity contribution in [3.63, 3.8) is 0 Å². The van der Waals surface area contributed by atoms with Crippen molar-refractivity contribution in [2.45, 2.75) is 40.7 Å². The van der Waals surface area contributed by atoms with Gasteiger partial charge >= 0.3 is 0 Å². The first kappa shape index (κ1) is 15.7. The Morgan fingerprint density at radius 1 is 1.37 bits per heavy atom. The Morgan fingerprint density at radius 2 is 2.05 bits per heavy atom. The fourth-order valence-electron chi connectivity index (χ4n) is 2.05. The van der Waals surface area contributed by atoms with E-state index in [0.717, 1.165) is 25.1 Å². The summed E-state index contributed by atoms with van der Waals surface area (Å²) in [6, 6.07) is 5.09. The third-order valence-electron chi connectivity index (χ3n) is 3.59. The summed E-state index contributed by atoms with van der Waals surface area (Å²) in [4.78, 5) is 13.7. The van der Waals surface area contributed by atoms with Crippen molar-refractivity contribution < 1.29 is 9.90 Å². The Morgan fingerprint density at radius 3 is 2.58 bits per heavy atom. The molecule has 3 nitrogen and oxygen atoms in total. The van der Waals surface area contributed by atoms with Crippen molar-refractivity contribution >= 4 is 5.78 Å². The molecule has 0 radical (unpaired) electrons. The molecule has 1 aromatic rings. The lowest BCUT2D eigenvalue weighted by Gasteiger charge is -2.24. The van der Waals surface area contributed by atoms with E-state index in [1.54, 1.807) is 25.1 Å². The number of nitrogens with zero attached hydrogens (tertiary/aromatic N) is 1. The van der Waals surface area contributed by atoms with E-state index in [-0.39, 0.29) is 11.5 Å². The molecule has 0 saturated carbocycles. The van der Waals surface area contributed by atoms with Crippen molar-refractivity contribution in [1.82, 2.24) is 4.90 Å². The Bertz CT molecular complexity index is 429. The number of phenolic OH excluding ortho intramolecular Hbond substituents is 1. The number of carbonyl (C=O) groups is 1. The molecular formula is C16H25NO2. The second-order valence-corrected chi connectivity index (χ2v) is 5.24. The van der Waals surface area contributed by atoms with E-state index in [2.05, 4.69) is 25.7 Å². The van der Waals surface area contributed by atoms with Gasteiger partial charge in [0.15, 0.2) is 5.78 Å². The van der Waals surface area contributed by atoms with Crippen LogP contribution in [-0.4, -0.2) is 28.9 Å². The molecule has 19 heavy (non-hydrogen) atoms. The Labute approximate surface area is 116 Å². The first-order valence-electron chi connectivity index (χ1n) is 7.03. The predicted molar refractivity (Wildman–Crippen MR) is 78.5 cm³/mol. The third kappa shape index (κ3) is 4.67. The number of hydrogen-bond donors (Lipinski definition) is 1. The summed E-state index contributed by atoms with van der Waals surface area (Å²) < 4.78 is 0. The van der Waals surface area contributed by atoms with Crippen LogP contribution in [0, 0.1) is 5.92 Å². The zero-order valence-electron chi connectivity index (χ0n) is 12.4. The van der Waals surface area contributed by atoms with Gasteiger partial charge in [-0.2, -0.15) is 0 Å². The second-order valence-electron chi connectivity index (χ2n) is 5.24. The zero-order valence-corrected chi connectivity index (χ0v) is 12.4. The van der Waals surface area contributed by atoms with Gasteiger partial charge in [-0.05, 0) is 37.6 Å². The van der Waals surface area contributed by atoms with Gasteiger partial charge in [-0.3, -0.25) is 9.69 Å². The van der Waals surface area contributed by atoms with E-state index in [1.165, 1.54) is 0 Å². The van der Waals surface area contributed by atoms with Gasteiger partial charge in [0.1, 0.15) is 5.75 Å². The normalized spacial score (nSPS) is 12.7. The van der Waals surface area contributed by atoms with Gasteiger partial charge in [0.2, 0.25) is 0 Å². The van der Waals surface area contributed by atoms with Crippen LogP contribution in [0.2, 0.25) is 0 Å². The van der Waals surface area contributed by atoms with E-state index >= 15 is 0 Å². The lowest BCUT2D eigenvalue weighted by molar-refractivity contribution is 0.101. The van der Waals surface area contributed by atoms with Crippen molar-refractivity contribution in [2.75, 3.05) is 13.1 Å². The molecule has 0 fully saturated rings. The van der Waals surface area contributed by atoms with Crippen molar-refractivity contribution in [1.29, 1.82) is 0 Å². The standard InChI is InChI=1S/C16H25NO2/c1-5-12(3)10-17(6-2)11-15-9-14(13(4)18)7-8-16(15)19/h7-9,12,19H,5-6,10-11H2,1-4H3. The summed E-state index contributed by atoms with van der Waals surface area (Å²) in [6.07, 6.45) is 1.15. The average Bonchev–Trinajstić information content (AvgIpc) is 2.39. The SMILES string of the molecule is CCC(C)CN(CC)Cc1cc(C(C)=O)ccc1O. The summed E-state index contributed by atoms with van der Waals surface area (Å²) in [5.74, 6) is 0.942. The Kier molecular flexibility index (Phi) is 6.03. The summed E-state index contributed by atoms with van der Waals surface area (Å²) in [5.41, 5.74) is 1.49. The number of Topliss-reactive ketones (excluding diaryl/α,β-unsaturated/α-hetero) is 1. The quantitative estimate of drug-likeness (QED) is 0.766. The molecule has 0 aliphatic rings. The third-order valence-corrected chi connectivity index (χ3v) is 3.59. The van der Waals surface area contributed by atoms with E-state index in [4.69, 9.17) is 0 Å². The summed E-state index contributed by atoms with van der Waals surface area (Å²) in [7, 11) is 0. The molecule has 1 atom stereocenters. The average molecular weight is 263 g/mol. The minimum atomic E-state index is 0.0335. The lowest BCUT2D eigenvalue weighted by Crippen LogP contribution is -2.28. The van der Waals surface area contributed by atoms with Crippen LogP contribution in [0.4, 0.5) is 0 Å². The van der Waals surface area contributed by atoms with Crippen LogP contribution in [0.5, 0.6) is 5.75 Å². The molecule has 1 rings (SSSR count). The number of benzene rings is 1. The van der Waals surface area contributed by atoms with E-state index in [1.807, 2.05) is 0 Å². The van der Waals surface area contributed by atoms with E-state index < -0.39 is 0 Å². The molecule has 0 spiro atoms. The molecule has 0 aliphatic carbocycles. The first-order chi connectivity index (χ1) is 8.97. The fraction of sp³-hybridized carbons (Fsp3) is 0.562. The van der Waals surface area contributed by atoms with E-state index in [9.17, 15) is 9.90 Å². The summed E-state index contributed by atoms with van der Waals surface area (Å²) in [5, 5.41) is 9.91. The number of hydrogen-bond acceptors (Lipinski definition) is 3. The highest BCUT2D eigenvalue weighted by Crippen LogP contribution is 2.21. The van der Waals surface area contributed by atoms with Crippen molar-refractivity contribution in [3.05, 3.63) is 29.3 Å². The number of carbonyl (C=O) groups excluding carboxylic acids is 1. The second kappa shape index (κ2) is 7.29. The van der Waals surface area contributed by atoms with Gasteiger partial charge in [-0.25, -0.2) is 0 Å². The largest absolute Gasteiger partial charge is 0.508 e. The zero-order chi connectivity index (χ0) is 14.4. The summed E-state index contributed by atoms with van der Waals surface area (Å²) in [6.45, 7) is 10.7. The number of aromatic hydroxyl groups is 1. The van der Waals surface area contributed by atoms with E-state index in [0.29, 0.717) is 18.0 Å². The molecule has 0 aromatic heterocycles. The topological polar surface area (TPSA) is 40.5 Å². The predicted octanol–water partition coefficient (Wildman–Crippen LogP) is 3.46. The molecule has 0 amide bonds. The highest BCUT2D eigenvalue weighted by molar-refractivity contribution is 5.94. The fourth-order valence-corrected chi connectivity index (χ4v) is 2.05. The van der Waals surface area contributed by atoms with Gasteiger partial charge in [0, 0.05) is 24.2 Å². The van der Waals surface area contributed by atoms with Gasteiger partial charge in [0.05, 0.1) is 0 Å². The molecule has 1 aromatic carbocycles. The van der Waals surface area contributed by atoms with Crippen LogP contribution in [0.3, 0.4) is 0 Å². The van der Waals surface area contributed by atoms with Crippen LogP contribution in [-0.2, 0) is 6.54 Å². The minimum absolute atomic E-state index is 0.0335. The van der Waals surface area contributed by atoms with Crippen LogP contribution in [0.1, 0.15) is 50.0 Å². The van der Waals surface area contributed by atoms with Gasteiger partial charge in [-0.1, -0.05) is 27.2 Å². The van der Waals surface area contributed by atoms with Gasteiger partial charge in [-0.15, -0.1) is 0 Å². The number of phenols is 1. The Hall–Kier alpha value is -1.35. The highest BCUT2D eigenvalue weighted by Gasteiger charge is 2.12. The maximum absolute atomic E-state index is 11.4.